The van der Waals surface area contributed by atoms with E-state index in [-0.39, 0.29) is 19.6 Å². The van der Waals surface area contributed by atoms with E-state index in [0.29, 0.717) is 0 Å². The molecule has 0 N–H and O–H groups in total. The summed E-state index contributed by atoms with van der Waals surface area (Å²) < 4.78 is 47.5. The van der Waals surface area contributed by atoms with Crippen LogP contribution in [0.25, 0.3) is 0 Å². The molecule has 3 aliphatic rings. The number of rotatable bonds is 6. The number of fused-ring (bicyclic) bond motifs is 1. The molecule has 0 aromatic carbocycles. The van der Waals surface area contributed by atoms with Gasteiger partial charge in [0.2, 0.25) is 11.7 Å². The molecule has 0 bridgehead atoms. The molecular weight excluding hydrogens is 356 g/mol. The quantitative estimate of drug-likeness (QED) is 0.399. The van der Waals surface area contributed by atoms with E-state index in [0.717, 1.165) is 30.4 Å². The lowest BCUT2D eigenvalue weighted by molar-refractivity contribution is -0.146. The fourth-order valence-electron chi connectivity index (χ4n) is 2.91. The third-order valence-corrected chi connectivity index (χ3v) is 5.76. The fourth-order valence-corrected chi connectivity index (χ4v) is 4.34. The molecule has 140 valence electrons. The van der Waals surface area contributed by atoms with E-state index in [1.165, 1.54) is 0 Å². The Bertz CT molecular complexity index is 625. The number of ketones is 1. The number of ether oxygens (including phenoxy) is 1. The largest absolute Gasteiger partial charge is 0.475 e. The zero-order chi connectivity index (χ0) is 18.0. The molecule has 10 heteroatoms. The maximum absolute atomic E-state index is 13.5. The van der Waals surface area contributed by atoms with E-state index in [1.807, 2.05) is 6.92 Å². The lowest BCUT2D eigenvalue weighted by atomic mass is 10.1. The summed E-state index contributed by atoms with van der Waals surface area (Å²) in [6.45, 7) is 2.32. The van der Waals surface area contributed by atoms with Crippen molar-refractivity contribution < 1.29 is 36.9 Å². The van der Waals surface area contributed by atoms with Gasteiger partial charge in [-0.15, -0.1) is 0 Å². The molecule has 2 saturated heterocycles. The monoisotopic (exact) mass is 377 g/mol. The molecular formula is C15H21FNO7P. The minimum atomic E-state index is -3.65. The number of allylic oxidation sites excluding steroid dienone is 1. The number of phosphoric ester groups is 1. The summed E-state index contributed by atoms with van der Waals surface area (Å²) in [6.07, 6.45) is 1.30. The fraction of sp³-hybridized carbons (Fsp3) is 0.733. The summed E-state index contributed by atoms with van der Waals surface area (Å²) in [5.41, 5.74) is 0. The van der Waals surface area contributed by atoms with Crippen LogP contribution in [0.3, 0.4) is 0 Å². The molecule has 8 nitrogen and oxygen atoms in total. The van der Waals surface area contributed by atoms with E-state index in [2.05, 4.69) is 0 Å². The normalized spacial score (nSPS) is 35.7. The minimum Gasteiger partial charge on any atom is -0.349 e. The van der Waals surface area contributed by atoms with Crippen LogP contribution in [0.15, 0.2) is 12.0 Å². The highest BCUT2D eigenvalue weighted by Gasteiger charge is 2.49. The van der Waals surface area contributed by atoms with Gasteiger partial charge in [-0.1, -0.05) is 19.8 Å². The number of hydrogen-bond acceptors (Lipinski definition) is 7. The van der Waals surface area contributed by atoms with Gasteiger partial charge in [0.25, 0.3) is 0 Å². The molecule has 0 spiro atoms. The molecule has 0 aliphatic carbocycles. The number of halogens is 1. The van der Waals surface area contributed by atoms with Gasteiger partial charge in [0.05, 0.1) is 19.6 Å². The van der Waals surface area contributed by atoms with Crippen LogP contribution < -0.4 is 0 Å². The minimum absolute atomic E-state index is 0.000615. The number of phosphoric acid groups is 1. The van der Waals surface area contributed by atoms with Crippen LogP contribution in [0.2, 0.25) is 0 Å². The first-order chi connectivity index (χ1) is 11.9. The average Bonchev–Trinajstić information content (AvgIpc) is 2.97. The summed E-state index contributed by atoms with van der Waals surface area (Å²) >= 11 is 0. The number of unbranched alkanes of at least 4 members (excludes halogenated alkanes) is 2. The highest BCUT2D eigenvalue weighted by Crippen LogP contribution is 2.56. The number of hydrogen-bond donors (Lipinski definition) is 0. The molecule has 0 aromatic rings. The lowest BCUT2D eigenvalue weighted by Gasteiger charge is -2.30. The average molecular weight is 377 g/mol. The summed E-state index contributed by atoms with van der Waals surface area (Å²) in [4.78, 5) is 24.2. The second-order valence-electron chi connectivity index (χ2n) is 6.17. The van der Waals surface area contributed by atoms with E-state index in [9.17, 15) is 18.5 Å². The Labute approximate surface area is 144 Å². The Kier molecular flexibility index (Phi) is 5.70. The van der Waals surface area contributed by atoms with Crippen molar-refractivity contribution in [1.29, 1.82) is 0 Å². The van der Waals surface area contributed by atoms with E-state index in [1.54, 1.807) is 0 Å². The molecule has 1 unspecified atom stereocenters. The molecule has 3 aliphatic heterocycles. The summed E-state index contributed by atoms with van der Waals surface area (Å²) in [7, 11) is -3.65. The molecule has 1 amide bonds. The van der Waals surface area contributed by atoms with Gasteiger partial charge in [0.1, 0.15) is 18.4 Å². The molecule has 25 heavy (non-hydrogen) atoms. The molecule has 0 radical (unpaired) electrons. The Balaban J connectivity index is 1.60. The molecule has 3 rings (SSSR count). The van der Waals surface area contributed by atoms with Gasteiger partial charge in [-0.05, 0) is 6.42 Å². The standard InChI is InChI=1S/C15H21FNO7P/c1-2-3-4-5-21-25(20)22-9-13-12(24-25)7-15(23-13)17-8-10(16)11(18)6-14(17)19/h8,12-13,15H,2-7,9H2,1H3/t12-,13+,15+,25?/m0/s1. The van der Waals surface area contributed by atoms with Crippen molar-refractivity contribution in [2.45, 2.75) is 57.5 Å². The van der Waals surface area contributed by atoms with Crippen LogP contribution in [0.4, 0.5) is 4.39 Å². The third kappa shape index (κ3) is 4.17. The number of carbonyl (C=O) groups excluding carboxylic acids is 2. The van der Waals surface area contributed by atoms with Gasteiger partial charge >= 0.3 is 7.82 Å². The predicted octanol–water partition coefficient (Wildman–Crippen LogP) is 2.44. The summed E-state index contributed by atoms with van der Waals surface area (Å²) in [5, 5.41) is 0. The van der Waals surface area contributed by atoms with E-state index >= 15 is 0 Å². The lowest BCUT2D eigenvalue weighted by Crippen LogP contribution is -2.40. The van der Waals surface area contributed by atoms with Crippen molar-refractivity contribution in [2.75, 3.05) is 13.2 Å². The smallest absolute Gasteiger partial charge is 0.349 e. The van der Waals surface area contributed by atoms with Crippen LogP contribution in [0.5, 0.6) is 0 Å². The molecule has 3 heterocycles. The molecule has 2 fully saturated rings. The first-order valence-corrected chi connectivity index (χ1v) is 9.82. The van der Waals surface area contributed by atoms with Gasteiger partial charge < -0.3 is 4.74 Å². The molecule has 0 saturated carbocycles. The van der Waals surface area contributed by atoms with Crippen molar-refractivity contribution in [3.8, 4) is 0 Å². The van der Waals surface area contributed by atoms with Crippen LogP contribution >= 0.6 is 7.82 Å². The van der Waals surface area contributed by atoms with Gasteiger partial charge in [-0.25, -0.2) is 8.96 Å². The molecule has 4 atom stereocenters. The Morgan fingerprint density at radius 2 is 2.16 bits per heavy atom. The van der Waals surface area contributed by atoms with Crippen molar-refractivity contribution in [2.24, 2.45) is 0 Å². The maximum atomic E-state index is 13.5. The van der Waals surface area contributed by atoms with Gasteiger partial charge in [0.15, 0.2) is 5.83 Å². The van der Waals surface area contributed by atoms with Gasteiger partial charge in [0, 0.05) is 12.6 Å². The second kappa shape index (κ2) is 7.63. The first-order valence-electron chi connectivity index (χ1n) is 8.36. The van der Waals surface area contributed by atoms with Gasteiger partial charge in [-0.3, -0.25) is 28.1 Å². The number of Topliss-reactive ketones (excluding diaryl/α,β-unsaturated/α-hetero) is 1. The number of carbonyl (C=O) groups is 2. The highest BCUT2D eigenvalue weighted by atomic mass is 31.2. The van der Waals surface area contributed by atoms with Crippen molar-refractivity contribution in [3.05, 3.63) is 12.0 Å². The Morgan fingerprint density at radius 3 is 2.92 bits per heavy atom. The van der Waals surface area contributed by atoms with Crippen LogP contribution in [-0.2, 0) is 32.5 Å². The SMILES string of the molecule is CCCCCOP1(=O)OC[C@H]2O[C@@H](N3C=C(F)C(=O)CC3=O)C[C@@H]2O1. The van der Waals surface area contributed by atoms with Gasteiger partial charge in [-0.2, -0.15) is 0 Å². The Morgan fingerprint density at radius 1 is 1.36 bits per heavy atom. The second-order valence-corrected chi connectivity index (χ2v) is 7.79. The van der Waals surface area contributed by atoms with Crippen molar-refractivity contribution >= 4 is 19.5 Å². The van der Waals surface area contributed by atoms with Crippen molar-refractivity contribution in [1.82, 2.24) is 4.90 Å². The molecule has 0 aromatic heterocycles. The zero-order valence-corrected chi connectivity index (χ0v) is 14.8. The predicted molar refractivity (Wildman–Crippen MR) is 82.8 cm³/mol. The zero-order valence-electron chi connectivity index (χ0n) is 13.9. The number of nitrogens with zero attached hydrogens (tertiary/aromatic N) is 1. The third-order valence-electron chi connectivity index (χ3n) is 4.27. The topological polar surface area (TPSA) is 91.4 Å². The first kappa shape index (κ1) is 18.7. The highest BCUT2D eigenvalue weighted by molar-refractivity contribution is 7.48. The van der Waals surface area contributed by atoms with Crippen molar-refractivity contribution in [3.63, 3.8) is 0 Å². The number of amides is 1. The van der Waals surface area contributed by atoms with E-state index < -0.39 is 50.2 Å². The maximum Gasteiger partial charge on any atom is 0.475 e. The Hall–Kier alpha value is -1.12. The van der Waals surface area contributed by atoms with Crippen LogP contribution in [0, 0.1) is 0 Å². The van der Waals surface area contributed by atoms with Crippen LogP contribution in [-0.4, -0.2) is 48.2 Å². The van der Waals surface area contributed by atoms with E-state index in [4.69, 9.17) is 18.3 Å². The van der Waals surface area contributed by atoms with Crippen LogP contribution in [0.1, 0.15) is 39.0 Å². The summed E-state index contributed by atoms with van der Waals surface area (Å²) in [6, 6.07) is 0. The summed E-state index contributed by atoms with van der Waals surface area (Å²) in [5.74, 6) is -2.38.